The fraction of sp³-hybridized carbons (Fsp3) is 0.412. The van der Waals surface area contributed by atoms with E-state index in [1.54, 1.807) is 18.6 Å². The highest BCUT2D eigenvalue weighted by molar-refractivity contribution is 6.62. The number of rotatable bonds is 2. The summed E-state index contributed by atoms with van der Waals surface area (Å²) in [4.78, 5) is 8.51. The van der Waals surface area contributed by atoms with Crippen molar-refractivity contribution in [2.75, 3.05) is 0 Å². The minimum Gasteiger partial charge on any atom is -0.399 e. The third kappa shape index (κ3) is 2.66. The number of hydrogen-bond acceptors (Lipinski definition) is 4. The first-order chi connectivity index (χ1) is 10.3. The number of nitrogens with zero attached hydrogens (tertiary/aromatic N) is 2. The Morgan fingerprint density at radius 1 is 0.955 bits per heavy atom. The van der Waals surface area contributed by atoms with E-state index in [2.05, 4.69) is 62.8 Å². The molecule has 1 aromatic carbocycles. The zero-order valence-electron chi connectivity index (χ0n) is 13.8. The lowest BCUT2D eigenvalue weighted by Crippen LogP contribution is -2.41. The van der Waals surface area contributed by atoms with Crippen molar-refractivity contribution < 1.29 is 9.31 Å². The summed E-state index contributed by atoms with van der Waals surface area (Å²) in [6.07, 6.45) is 5.14. The van der Waals surface area contributed by atoms with Crippen LogP contribution in [0.5, 0.6) is 0 Å². The van der Waals surface area contributed by atoms with Crippen LogP contribution in [0.1, 0.15) is 33.3 Å². The molecule has 1 aliphatic rings. The molecule has 0 saturated carbocycles. The van der Waals surface area contributed by atoms with E-state index in [9.17, 15) is 0 Å². The molecule has 0 spiro atoms. The maximum absolute atomic E-state index is 6.14. The van der Waals surface area contributed by atoms with Crippen LogP contribution in [0, 0.1) is 6.92 Å². The molecule has 0 radical (unpaired) electrons. The highest BCUT2D eigenvalue weighted by Gasteiger charge is 2.51. The van der Waals surface area contributed by atoms with Crippen molar-refractivity contribution in [3.8, 4) is 11.3 Å². The molecule has 1 aliphatic heterocycles. The molecule has 2 aromatic rings. The molecule has 2 heterocycles. The molecule has 4 nitrogen and oxygen atoms in total. The summed E-state index contributed by atoms with van der Waals surface area (Å²) < 4.78 is 12.3. The third-order valence-corrected chi connectivity index (χ3v) is 4.48. The molecular formula is C17H21BN2O2. The zero-order valence-corrected chi connectivity index (χ0v) is 13.8. The van der Waals surface area contributed by atoms with Crippen LogP contribution < -0.4 is 5.46 Å². The van der Waals surface area contributed by atoms with E-state index < -0.39 is 0 Å². The van der Waals surface area contributed by atoms with Crippen LogP contribution in [0.2, 0.25) is 0 Å². The van der Waals surface area contributed by atoms with Gasteiger partial charge in [0, 0.05) is 18.0 Å². The molecule has 1 aromatic heterocycles. The summed E-state index contributed by atoms with van der Waals surface area (Å²) in [6, 6.07) is 6.26. The monoisotopic (exact) mass is 296 g/mol. The van der Waals surface area contributed by atoms with Crippen molar-refractivity contribution in [1.29, 1.82) is 0 Å². The molecular weight excluding hydrogens is 275 g/mol. The lowest BCUT2D eigenvalue weighted by molar-refractivity contribution is 0.00578. The molecule has 0 atom stereocenters. The molecule has 0 N–H and O–H groups in total. The number of benzene rings is 1. The summed E-state index contributed by atoms with van der Waals surface area (Å²) in [5.74, 6) is 0. The second-order valence-corrected chi connectivity index (χ2v) is 6.81. The van der Waals surface area contributed by atoms with E-state index in [1.807, 2.05) is 0 Å². The Balaban J connectivity index is 1.98. The van der Waals surface area contributed by atoms with Crippen LogP contribution in [-0.2, 0) is 9.31 Å². The molecule has 114 valence electrons. The Kier molecular flexibility index (Phi) is 3.58. The Hall–Kier alpha value is -1.72. The minimum absolute atomic E-state index is 0.339. The maximum atomic E-state index is 6.14. The average molecular weight is 296 g/mol. The summed E-state index contributed by atoms with van der Waals surface area (Å²) in [5, 5.41) is 0. The molecule has 1 fully saturated rings. The van der Waals surface area contributed by atoms with Crippen LogP contribution in [0.25, 0.3) is 11.3 Å². The van der Waals surface area contributed by atoms with Gasteiger partial charge in [-0.2, -0.15) is 0 Å². The normalized spacial score (nSPS) is 19.4. The van der Waals surface area contributed by atoms with E-state index in [4.69, 9.17) is 9.31 Å². The van der Waals surface area contributed by atoms with Gasteiger partial charge >= 0.3 is 7.12 Å². The fourth-order valence-electron chi connectivity index (χ4n) is 2.52. The van der Waals surface area contributed by atoms with Crippen LogP contribution in [0.3, 0.4) is 0 Å². The first kappa shape index (κ1) is 15.2. The Labute approximate surface area is 132 Å². The van der Waals surface area contributed by atoms with Crippen molar-refractivity contribution in [1.82, 2.24) is 9.97 Å². The molecule has 22 heavy (non-hydrogen) atoms. The smallest absolute Gasteiger partial charge is 0.399 e. The van der Waals surface area contributed by atoms with Gasteiger partial charge in [-0.25, -0.2) is 0 Å². The second kappa shape index (κ2) is 5.18. The Bertz CT molecular complexity index is 670. The van der Waals surface area contributed by atoms with Crippen LogP contribution in [0.4, 0.5) is 0 Å². The molecule has 0 bridgehead atoms. The lowest BCUT2D eigenvalue weighted by Gasteiger charge is -2.32. The summed E-state index contributed by atoms with van der Waals surface area (Å²) >= 11 is 0. The molecule has 5 heteroatoms. The number of aromatic nitrogens is 2. The van der Waals surface area contributed by atoms with Crippen LogP contribution in [-0.4, -0.2) is 28.3 Å². The fourth-order valence-corrected chi connectivity index (χ4v) is 2.52. The highest BCUT2D eigenvalue weighted by Crippen LogP contribution is 2.36. The number of hydrogen-bond donors (Lipinski definition) is 0. The van der Waals surface area contributed by atoms with Gasteiger partial charge in [0.1, 0.15) is 0 Å². The van der Waals surface area contributed by atoms with Gasteiger partial charge in [0.05, 0.1) is 23.1 Å². The zero-order chi connectivity index (χ0) is 16.0. The van der Waals surface area contributed by atoms with Gasteiger partial charge in [-0.05, 0) is 46.1 Å². The van der Waals surface area contributed by atoms with Gasteiger partial charge in [0.2, 0.25) is 0 Å². The summed E-state index contributed by atoms with van der Waals surface area (Å²) in [7, 11) is -0.361. The molecule has 0 aliphatic carbocycles. The first-order valence-corrected chi connectivity index (χ1v) is 7.52. The van der Waals surface area contributed by atoms with Crippen molar-refractivity contribution in [3.05, 3.63) is 42.4 Å². The summed E-state index contributed by atoms with van der Waals surface area (Å²) in [5.41, 5.74) is 3.36. The van der Waals surface area contributed by atoms with Gasteiger partial charge in [0.25, 0.3) is 0 Å². The van der Waals surface area contributed by atoms with Crippen LogP contribution in [0.15, 0.2) is 36.8 Å². The van der Waals surface area contributed by atoms with Gasteiger partial charge < -0.3 is 9.31 Å². The second-order valence-electron chi connectivity index (χ2n) is 6.81. The molecule has 3 rings (SSSR count). The largest absolute Gasteiger partial charge is 0.494 e. The Morgan fingerprint density at radius 2 is 1.64 bits per heavy atom. The first-order valence-electron chi connectivity index (χ1n) is 7.52. The van der Waals surface area contributed by atoms with Gasteiger partial charge in [-0.1, -0.05) is 17.7 Å². The van der Waals surface area contributed by atoms with Crippen molar-refractivity contribution in [3.63, 3.8) is 0 Å². The summed E-state index contributed by atoms with van der Waals surface area (Å²) in [6.45, 7) is 10.3. The predicted octanol–water partition coefficient (Wildman–Crippen LogP) is 2.75. The van der Waals surface area contributed by atoms with E-state index in [-0.39, 0.29) is 18.3 Å². The average Bonchev–Trinajstić information content (AvgIpc) is 2.68. The number of aryl methyl sites for hydroxylation is 1. The molecule has 1 saturated heterocycles. The van der Waals surface area contributed by atoms with Crippen LogP contribution >= 0.6 is 0 Å². The van der Waals surface area contributed by atoms with Crippen molar-refractivity contribution >= 4 is 12.6 Å². The van der Waals surface area contributed by atoms with E-state index in [0.29, 0.717) is 0 Å². The maximum Gasteiger partial charge on any atom is 0.494 e. The van der Waals surface area contributed by atoms with E-state index in [1.165, 1.54) is 0 Å². The van der Waals surface area contributed by atoms with E-state index >= 15 is 0 Å². The topological polar surface area (TPSA) is 44.2 Å². The van der Waals surface area contributed by atoms with Crippen molar-refractivity contribution in [2.24, 2.45) is 0 Å². The molecule has 0 unspecified atom stereocenters. The standard InChI is InChI=1S/C17H21BN2O2/c1-12-8-13(15-11-19-6-7-20-15)10-14(9-12)18-21-16(2,3)17(4,5)22-18/h6-11H,1-5H3. The van der Waals surface area contributed by atoms with E-state index in [0.717, 1.165) is 22.3 Å². The predicted molar refractivity (Wildman–Crippen MR) is 87.9 cm³/mol. The minimum atomic E-state index is -0.361. The Morgan fingerprint density at radius 3 is 2.23 bits per heavy atom. The highest BCUT2D eigenvalue weighted by atomic mass is 16.7. The van der Waals surface area contributed by atoms with Gasteiger partial charge in [-0.15, -0.1) is 0 Å². The molecule has 0 amide bonds. The van der Waals surface area contributed by atoms with Gasteiger partial charge in [-0.3, -0.25) is 9.97 Å². The third-order valence-electron chi connectivity index (χ3n) is 4.48. The van der Waals surface area contributed by atoms with Gasteiger partial charge in [0.15, 0.2) is 0 Å². The van der Waals surface area contributed by atoms with Crippen molar-refractivity contribution in [2.45, 2.75) is 45.8 Å². The SMILES string of the molecule is Cc1cc(B2OC(C)(C)C(C)(C)O2)cc(-c2cnccn2)c1. The lowest BCUT2D eigenvalue weighted by atomic mass is 9.77. The quantitative estimate of drug-likeness (QED) is 0.799.